The van der Waals surface area contributed by atoms with Gasteiger partial charge in [-0.05, 0) is 43.5 Å². The van der Waals surface area contributed by atoms with Gasteiger partial charge in [0.25, 0.3) is 5.91 Å². The molecule has 1 aliphatic heterocycles. The van der Waals surface area contributed by atoms with Crippen LogP contribution in [0.4, 0.5) is 0 Å². The first-order valence-corrected chi connectivity index (χ1v) is 9.82. The van der Waals surface area contributed by atoms with Crippen LogP contribution in [0, 0.1) is 0 Å². The Bertz CT molecular complexity index is 1020. The Hall–Kier alpha value is -3.35. The van der Waals surface area contributed by atoms with E-state index in [1.165, 1.54) is 0 Å². The summed E-state index contributed by atoms with van der Waals surface area (Å²) in [6, 6.07) is 14.3. The molecule has 29 heavy (non-hydrogen) atoms. The lowest BCUT2D eigenvalue weighted by Gasteiger charge is -2.34. The summed E-state index contributed by atoms with van der Waals surface area (Å²) >= 11 is 0. The Kier molecular flexibility index (Phi) is 5.46. The zero-order valence-electron chi connectivity index (χ0n) is 16.4. The number of aromatic amines is 1. The maximum absolute atomic E-state index is 12.9. The molecule has 3 aromatic rings. The van der Waals surface area contributed by atoms with Crippen molar-refractivity contribution >= 4 is 22.8 Å². The third-order valence-electron chi connectivity index (χ3n) is 5.26. The molecular weight excluding hydrogens is 368 g/mol. The summed E-state index contributed by atoms with van der Waals surface area (Å²) in [7, 11) is 1.62. The van der Waals surface area contributed by atoms with E-state index in [0.717, 1.165) is 29.6 Å². The second-order valence-electron chi connectivity index (χ2n) is 7.16. The standard InChI is InChI=1S/C22H24N4O3/c1-29-16-10-11-17-18(13-16)25-20(24-17)14-23-21(27)19-9-5-6-12-26(19)22(28)15-7-3-2-4-8-15/h2-4,7-8,10-11,13,19H,5-6,9,12,14H2,1H3,(H,23,27)(H,24,25)/t19-/m1/s1. The number of rotatable bonds is 5. The number of benzene rings is 2. The Morgan fingerprint density at radius 3 is 2.83 bits per heavy atom. The second-order valence-corrected chi connectivity index (χ2v) is 7.16. The van der Waals surface area contributed by atoms with Crippen molar-refractivity contribution in [3.63, 3.8) is 0 Å². The summed E-state index contributed by atoms with van der Waals surface area (Å²) in [6.45, 7) is 0.871. The first kappa shape index (κ1) is 19.0. The molecule has 2 N–H and O–H groups in total. The van der Waals surface area contributed by atoms with Gasteiger partial charge < -0.3 is 19.9 Å². The molecule has 2 heterocycles. The number of carbonyl (C=O) groups is 2. The average molecular weight is 392 g/mol. The summed E-state index contributed by atoms with van der Waals surface area (Å²) in [6.07, 6.45) is 2.51. The fraction of sp³-hybridized carbons (Fsp3) is 0.318. The highest BCUT2D eigenvalue weighted by Gasteiger charge is 2.32. The topological polar surface area (TPSA) is 87.3 Å². The van der Waals surface area contributed by atoms with Crippen molar-refractivity contribution in [2.24, 2.45) is 0 Å². The minimum atomic E-state index is -0.457. The normalized spacial score (nSPS) is 16.6. The highest BCUT2D eigenvalue weighted by Crippen LogP contribution is 2.21. The van der Waals surface area contributed by atoms with Crippen LogP contribution in [0.25, 0.3) is 11.0 Å². The number of aromatic nitrogens is 2. The number of hydrogen-bond acceptors (Lipinski definition) is 4. The van der Waals surface area contributed by atoms with Gasteiger partial charge in [0, 0.05) is 18.2 Å². The summed E-state index contributed by atoms with van der Waals surface area (Å²) in [5, 5.41) is 2.94. The lowest BCUT2D eigenvalue weighted by atomic mass is 10.00. The largest absolute Gasteiger partial charge is 0.497 e. The number of amides is 2. The third kappa shape index (κ3) is 4.08. The smallest absolute Gasteiger partial charge is 0.254 e. The Morgan fingerprint density at radius 2 is 2.03 bits per heavy atom. The molecule has 0 aliphatic carbocycles. The van der Waals surface area contributed by atoms with E-state index in [1.807, 2.05) is 36.4 Å². The van der Waals surface area contributed by atoms with Crippen LogP contribution in [0.15, 0.2) is 48.5 Å². The van der Waals surface area contributed by atoms with E-state index in [-0.39, 0.29) is 18.4 Å². The molecular formula is C22H24N4O3. The van der Waals surface area contributed by atoms with Crippen LogP contribution in [0.1, 0.15) is 35.4 Å². The maximum atomic E-state index is 12.9. The van der Waals surface area contributed by atoms with Gasteiger partial charge in [-0.25, -0.2) is 4.98 Å². The third-order valence-corrected chi connectivity index (χ3v) is 5.26. The van der Waals surface area contributed by atoms with E-state index >= 15 is 0 Å². The van der Waals surface area contributed by atoms with Gasteiger partial charge in [0.1, 0.15) is 17.6 Å². The van der Waals surface area contributed by atoms with Crippen molar-refractivity contribution in [2.45, 2.75) is 31.8 Å². The summed E-state index contributed by atoms with van der Waals surface area (Å²) in [5.41, 5.74) is 2.28. The Balaban J connectivity index is 1.44. The van der Waals surface area contributed by atoms with Crippen LogP contribution in [0.5, 0.6) is 5.75 Å². The summed E-state index contributed by atoms with van der Waals surface area (Å²) < 4.78 is 5.22. The Morgan fingerprint density at radius 1 is 1.21 bits per heavy atom. The number of likely N-dealkylation sites (tertiary alicyclic amines) is 1. The highest BCUT2D eigenvalue weighted by molar-refractivity contribution is 5.97. The van der Waals surface area contributed by atoms with Crippen molar-refractivity contribution in [1.29, 1.82) is 0 Å². The number of H-pyrrole nitrogens is 1. The number of piperidine rings is 1. The molecule has 0 bridgehead atoms. The number of methoxy groups -OCH3 is 1. The lowest BCUT2D eigenvalue weighted by Crippen LogP contribution is -2.51. The van der Waals surface area contributed by atoms with Crippen molar-refractivity contribution in [2.75, 3.05) is 13.7 Å². The zero-order valence-corrected chi connectivity index (χ0v) is 16.4. The van der Waals surface area contributed by atoms with Gasteiger partial charge >= 0.3 is 0 Å². The number of carbonyl (C=O) groups excluding carboxylic acids is 2. The summed E-state index contributed by atoms with van der Waals surface area (Å²) in [4.78, 5) is 35.1. The van der Waals surface area contributed by atoms with E-state index in [1.54, 1.807) is 24.1 Å². The molecule has 1 saturated heterocycles. The molecule has 1 aliphatic rings. The number of fused-ring (bicyclic) bond motifs is 1. The van der Waals surface area contributed by atoms with Crippen LogP contribution >= 0.6 is 0 Å². The van der Waals surface area contributed by atoms with Crippen LogP contribution < -0.4 is 10.1 Å². The van der Waals surface area contributed by atoms with E-state index in [0.29, 0.717) is 24.4 Å². The zero-order chi connectivity index (χ0) is 20.2. The van der Waals surface area contributed by atoms with Gasteiger partial charge in [0.05, 0.1) is 24.7 Å². The van der Waals surface area contributed by atoms with E-state index < -0.39 is 6.04 Å². The molecule has 2 aromatic carbocycles. The predicted octanol–water partition coefficient (Wildman–Crippen LogP) is 2.88. The van der Waals surface area contributed by atoms with Gasteiger partial charge in [0.2, 0.25) is 5.91 Å². The molecule has 0 saturated carbocycles. The van der Waals surface area contributed by atoms with E-state index in [4.69, 9.17) is 4.74 Å². The molecule has 1 atom stereocenters. The molecule has 150 valence electrons. The fourth-order valence-electron chi connectivity index (χ4n) is 3.73. The number of ether oxygens (including phenoxy) is 1. The number of imidazole rings is 1. The number of nitrogens with zero attached hydrogens (tertiary/aromatic N) is 2. The number of hydrogen-bond donors (Lipinski definition) is 2. The first-order chi connectivity index (χ1) is 14.2. The van der Waals surface area contributed by atoms with E-state index in [9.17, 15) is 9.59 Å². The van der Waals surface area contributed by atoms with Crippen molar-refractivity contribution in [3.05, 3.63) is 59.9 Å². The Labute approximate surface area is 169 Å². The van der Waals surface area contributed by atoms with Gasteiger partial charge in [-0.3, -0.25) is 9.59 Å². The monoisotopic (exact) mass is 392 g/mol. The van der Waals surface area contributed by atoms with Crippen molar-refractivity contribution in [1.82, 2.24) is 20.2 Å². The van der Waals surface area contributed by atoms with Crippen molar-refractivity contribution < 1.29 is 14.3 Å². The SMILES string of the molecule is COc1ccc2nc(CNC(=O)[C@H]3CCCCN3C(=O)c3ccccc3)[nH]c2c1. The maximum Gasteiger partial charge on any atom is 0.254 e. The predicted molar refractivity (Wildman–Crippen MR) is 110 cm³/mol. The molecule has 1 aromatic heterocycles. The van der Waals surface area contributed by atoms with Gasteiger partial charge in [-0.15, -0.1) is 0 Å². The minimum absolute atomic E-state index is 0.0960. The molecule has 2 amide bonds. The second kappa shape index (κ2) is 8.34. The number of nitrogens with one attached hydrogen (secondary N) is 2. The van der Waals surface area contributed by atoms with Crippen molar-refractivity contribution in [3.8, 4) is 5.75 Å². The molecule has 0 unspecified atom stereocenters. The molecule has 7 heteroatoms. The fourth-order valence-corrected chi connectivity index (χ4v) is 3.73. The van der Waals surface area contributed by atoms with Crippen LogP contribution in [-0.2, 0) is 11.3 Å². The minimum Gasteiger partial charge on any atom is -0.497 e. The molecule has 7 nitrogen and oxygen atoms in total. The van der Waals surface area contributed by atoms with Gasteiger partial charge in [-0.2, -0.15) is 0 Å². The lowest BCUT2D eigenvalue weighted by molar-refractivity contribution is -0.126. The highest BCUT2D eigenvalue weighted by atomic mass is 16.5. The molecule has 4 rings (SSSR count). The van der Waals surface area contributed by atoms with Gasteiger partial charge in [0.15, 0.2) is 0 Å². The first-order valence-electron chi connectivity index (χ1n) is 9.82. The van der Waals surface area contributed by atoms with E-state index in [2.05, 4.69) is 15.3 Å². The van der Waals surface area contributed by atoms with Crippen LogP contribution in [0.2, 0.25) is 0 Å². The average Bonchev–Trinajstić information content (AvgIpc) is 3.19. The molecule has 0 spiro atoms. The van der Waals surface area contributed by atoms with Crippen LogP contribution in [0.3, 0.4) is 0 Å². The molecule has 1 fully saturated rings. The van der Waals surface area contributed by atoms with Gasteiger partial charge in [-0.1, -0.05) is 18.2 Å². The molecule has 0 radical (unpaired) electrons. The quantitative estimate of drug-likeness (QED) is 0.699. The van der Waals surface area contributed by atoms with Crippen LogP contribution in [-0.4, -0.2) is 46.4 Å². The summed E-state index contributed by atoms with van der Waals surface area (Å²) in [5.74, 6) is 1.17.